The lowest BCUT2D eigenvalue weighted by Gasteiger charge is -2.19. The van der Waals surface area contributed by atoms with Gasteiger partial charge in [-0.25, -0.2) is 0 Å². The maximum absolute atomic E-state index is 10.6. The summed E-state index contributed by atoms with van der Waals surface area (Å²) in [5, 5.41) is 3.27. The molecular formula is C10H23N3O. The molecule has 0 aliphatic rings. The van der Waals surface area contributed by atoms with Crippen LogP contribution in [0, 0.1) is 0 Å². The molecule has 1 amide bonds. The van der Waals surface area contributed by atoms with Gasteiger partial charge in [0.05, 0.1) is 0 Å². The highest BCUT2D eigenvalue weighted by atomic mass is 16.1. The lowest BCUT2D eigenvalue weighted by atomic mass is 10.2. The summed E-state index contributed by atoms with van der Waals surface area (Å²) in [7, 11) is 0. The molecule has 0 rings (SSSR count). The van der Waals surface area contributed by atoms with Crippen LogP contribution in [-0.4, -0.2) is 43.0 Å². The minimum atomic E-state index is -0.243. The quantitative estimate of drug-likeness (QED) is 0.589. The van der Waals surface area contributed by atoms with Crippen LogP contribution in [0.3, 0.4) is 0 Å². The zero-order chi connectivity index (χ0) is 11.0. The van der Waals surface area contributed by atoms with Gasteiger partial charge in [0.25, 0.3) is 0 Å². The van der Waals surface area contributed by atoms with E-state index in [4.69, 9.17) is 5.73 Å². The van der Waals surface area contributed by atoms with Gasteiger partial charge in [-0.2, -0.15) is 0 Å². The molecule has 3 N–H and O–H groups in total. The van der Waals surface area contributed by atoms with Gasteiger partial charge in [-0.05, 0) is 20.0 Å². The number of primary amides is 1. The van der Waals surface area contributed by atoms with Crippen molar-refractivity contribution < 1.29 is 4.79 Å². The maximum Gasteiger partial charge on any atom is 0.218 e. The Hall–Kier alpha value is -0.610. The summed E-state index contributed by atoms with van der Waals surface area (Å²) in [6.07, 6.45) is 0.415. The molecule has 0 saturated heterocycles. The largest absolute Gasteiger partial charge is 0.370 e. The fourth-order valence-electron chi connectivity index (χ4n) is 1.38. The van der Waals surface area contributed by atoms with Crippen LogP contribution < -0.4 is 11.1 Å². The van der Waals surface area contributed by atoms with Gasteiger partial charge in [-0.1, -0.05) is 13.8 Å². The molecule has 0 aromatic carbocycles. The number of hydrogen-bond acceptors (Lipinski definition) is 3. The van der Waals surface area contributed by atoms with Gasteiger partial charge in [0.1, 0.15) is 0 Å². The molecule has 1 unspecified atom stereocenters. The number of nitrogens with zero attached hydrogens (tertiary/aromatic N) is 1. The molecule has 0 radical (unpaired) electrons. The molecule has 0 aromatic heterocycles. The van der Waals surface area contributed by atoms with E-state index >= 15 is 0 Å². The van der Waals surface area contributed by atoms with E-state index in [1.165, 1.54) is 0 Å². The summed E-state index contributed by atoms with van der Waals surface area (Å²) in [6, 6.07) is 0.183. The van der Waals surface area contributed by atoms with Crippen LogP contribution in [-0.2, 0) is 4.79 Å². The number of nitrogens with one attached hydrogen (secondary N) is 1. The van der Waals surface area contributed by atoms with Gasteiger partial charge in [-0.3, -0.25) is 4.79 Å². The van der Waals surface area contributed by atoms with E-state index in [1.54, 1.807) is 0 Å². The summed E-state index contributed by atoms with van der Waals surface area (Å²) in [5.74, 6) is -0.243. The SMILES string of the molecule is CCN(CC)CCNC(C)CC(N)=O. The van der Waals surface area contributed by atoms with Crippen molar-refractivity contribution in [2.75, 3.05) is 26.2 Å². The van der Waals surface area contributed by atoms with E-state index < -0.39 is 0 Å². The van der Waals surface area contributed by atoms with Gasteiger partial charge in [0, 0.05) is 25.6 Å². The minimum absolute atomic E-state index is 0.183. The van der Waals surface area contributed by atoms with Gasteiger partial charge >= 0.3 is 0 Å². The molecule has 0 heterocycles. The van der Waals surface area contributed by atoms with Crippen molar-refractivity contribution in [2.24, 2.45) is 5.73 Å². The van der Waals surface area contributed by atoms with Crippen LogP contribution in [0.1, 0.15) is 27.2 Å². The molecular weight excluding hydrogens is 178 g/mol. The lowest BCUT2D eigenvalue weighted by Crippen LogP contribution is -2.37. The van der Waals surface area contributed by atoms with Gasteiger partial charge in [0.2, 0.25) is 5.91 Å². The molecule has 4 nitrogen and oxygen atoms in total. The van der Waals surface area contributed by atoms with Crippen molar-refractivity contribution in [3.05, 3.63) is 0 Å². The Morgan fingerprint density at radius 3 is 2.43 bits per heavy atom. The van der Waals surface area contributed by atoms with E-state index in [0.29, 0.717) is 6.42 Å². The topological polar surface area (TPSA) is 58.4 Å². The van der Waals surface area contributed by atoms with Crippen LogP contribution in [0.5, 0.6) is 0 Å². The predicted molar refractivity (Wildman–Crippen MR) is 59.1 cm³/mol. The summed E-state index contributed by atoms with van der Waals surface area (Å²) >= 11 is 0. The highest BCUT2D eigenvalue weighted by molar-refractivity contribution is 5.74. The smallest absolute Gasteiger partial charge is 0.218 e. The normalized spacial score (nSPS) is 13.1. The monoisotopic (exact) mass is 201 g/mol. The second-order valence-electron chi connectivity index (χ2n) is 3.55. The van der Waals surface area contributed by atoms with Gasteiger partial charge in [0.15, 0.2) is 0 Å². The number of carbonyl (C=O) groups is 1. The first-order valence-electron chi connectivity index (χ1n) is 5.34. The number of amides is 1. The fourth-order valence-corrected chi connectivity index (χ4v) is 1.38. The molecule has 1 atom stereocenters. The van der Waals surface area contributed by atoms with Crippen molar-refractivity contribution in [1.29, 1.82) is 0 Å². The second kappa shape index (κ2) is 7.76. The average Bonchev–Trinajstić information content (AvgIpc) is 2.11. The van der Waals surface area contributed by atoms with Crippen LogP contribution >= 0.6 is 0 Å². The summed E-state index contributed by atoms with van der Waals surface area (Å²) in [6.45, 7) is 10.4. The second-order valence-corrected chi connectivity index (χ2v) is 3.55. The van der Waals surface area contributed by atoms with E-state index in [0.717, 1.165) is 26.2 Å². The summed E-state index contributed by atoms with van der Waals surface area (Å²) in [5.41, 5.74) is 5.09. The van der Waals surface area contributed by atoms with E-state index in [1.807, 2.05) is 6.92 Å². The Labute approximate surface area is 86.8 Å². The van der Waals surface area contributed by atoms with E-state index in [2.05, 4.69) is 24.1 Å². The number of rotatable bonds is 8. The number of likely N-dealkylation sites (N-methyl/N-ethyl adjacent to an activating group) is 1. The Bertz CT molecular complexity index is 157. The zero-order valence-electron chi connectivity index (χ0n) is 9.55. The fraction of sp³-hybridized carbons (Fsp3) is 0.900. The molecule has 84 valence electrons. The Balaban J connectivity index is 3.47. The van der Waals surface area contributed by atoms with Gasteiger partial charge in [-0.15, -0.1) is 0 Å². The number of hydrogen-bond donors (Lipinski definition) is 2. The first-order valence-corrected chi connectivity index (χ1v) is 5.34. The Morgan fingerprint density at radius 1 is 1.43 bits per heavy atom. The molecule has 14 heavy (non-hydrogen) atoms. The number of nitrogens with two attached hydrogens (primary N) is 1. The first kappa shape index (κ1) is 13.4. The summed E-state index contributed by atoms with van der Waals surface area (Å²) < 4.78 is 0. The number of carbonyl (C=O) groups excluding carboxylic acids is 1. The van der Waals surface area contributed by atoms with Crippen molar-refractivity contribution in [2.45, 2.75) is 33.2 Å². The van der Waals surface area contributed by atoms with Crippen molar-refractivity contribution in [3.63, 3.8) is 0 Å². The first-order chi connectivity index (χ1) is 6.60. The third kappa shape index (κ3) is 6.86. The maximum atomic E-state index is 10.6. The highest BCUT2D eigenvalue weighted by Gasteiger charge is 2.05. The van der Waals surface area contributed by atoms with Crippen LogP contribution in [0.25, 0.3) is 0 Å². The van der Waals surface area contributed by atoms with E-state index in [9.17, 15) is 4.79 Å². The van der Waals surface area contributed by atoms with Gasteiger partial charge < -0.3 is 16.0 Å². The molecule has 0 aromatic rings. The molecule has 0 aliphatic heterocycles. The lowest BCUT2D eigenvalue weighted by molar-refractivity contribution is -0.118. The van der Waals surface area contributed by atoms with Crippen molar-refractivity contribution in [3.8, 4) is 0 Å². The molecule has 0 aliphatic carbocycles. The third-order valence-electron chi connectivity index (χ3n) is 2.32. The molecule has 0 fully saturated rings. The summed E-state index contributed by atoms with van der Waals surface area (Å²) in [4.78, 5) is 12.9. The molecule has 4 heteroatoms. The third-order valence-corrected chi connectivity index (χ3v) is 2.32. The van der Waals surface area contributed by atoms with Crippen LogP contribution in [0.15, 0.2) is 0 Å². The Kier molecular flexibility index (Phi) is 7.42. The van der Waals surface area contributed by atoms with Crippen LogP contribution in [0.2, 0.25) is 0 Å². The average molecular weight is 201 g/mol. The minimum Gasteiger partial charge on any atom is -0.370 e. The standard InChI is InChI=1S/C10H23N3O/c1-4-13(5-2)7-6-12-9(3)8-10(11)14/h9,12H,4-8H2,1-3H3,(H2,11,14). The molecule has 0 spiro atoms. The van der Waals surface area contributed by atoms with Crippen molar-refractivity contribution in [1.82, 2.24) is 10.2 Å². The highest BCUT2D eigenvalue weighted by Crippen LogP contribution is 1.89. The van der Waals surface area contributed by atoms with E-state index in [-0.39, 0.29) is 11.9 Å². The zero-order valence-corrected chi connectivity index (χ0v) is 9.55. The molecule has 0 bridgehead atoms. The Morgan fingerprint density at radius 2 is 2.00 bits per heavy atom. The predicted octanol–water partition coefficient (Wildman–Crippen LogP) is 0.182. The molecule has 0 saturated carbocycles. The van der Waals surface area contributed by atoms with Crippen molar-refractivity contribution >= 4 is 5.91 Å². The van der Waals surface area contributed by atoms with Crippen LogP contribution in [0.4, 0.5) is 0 Å².